The van der Waals surface area contributed by atoms with Gasteiger partial charge in [0.1, 0.15) is 5.82 Å². The summed E-state index contributed by atoms with van der Waals surface area (Å²) in [5, 5.41) is 5.32. The van der Waals surface area contributed by atoms with E-state index in [2.05, 4.69) is 10.6 Å². The molecule has 0 unspecified atom stereocenters. The molecule has 5 nitrogen and oxygen atoms in total. The Morgan fingerprint density at radius 3 is 2.36 bits per heavy atom. The number of halogens is 2. The van der Waals surface area contributed by atoms with E-state index in [4.69, 9.17) is 17.3 Å². The average Bonchev–Trinajstić information content (AvgIpc) is 2.67. The van der Waals surface area contributed by atoms with E-state index in [0.717, 1.165) is 5.56 Å². The first-order valence-corrected chi connectivity index (χ1v) is 8.79. The minimum atomic E-state index is -0.564. The summed E-state index contributed by atoms with van der Waals surface area (Å²) in [6.07, 6.45) is 0.185. The standard InChI is InChI=1S/C21H17ClFN3O2/c22-18-12-17(8-9-19(18)23)26-21(28)14-2-1-3-16(11-14)25-20(27)10-13-4-6-15(24)7-5-13/h1-9,11-12H,10,24H2,(H,25,27)(H,26,28). The van der Waals surface area contributed by atoms with Crippen LogP contribution in [0.3, 0.4) is 0 Å². The monoisotopic (exact) mass is 397 g/mol. The fourth-order valence-corrected chi connectivity index (χ4v) is 2.72. The number of nitrogens with two attached hydrogens (primary N) is 1. The van der Waals surface area contributed by atoms with Crippen LogP contribution in [-0.2, 0) is 11.2 Å². The summed E-state index contributed by atoms with van der Waals surface area (Å²) in [7, 11) is 0. The lowest BCUT2D eigenvalue weighted by atomic mass is 10.1. The summed E-state index contributed by atoms with van der Waals surface area (Å²) in [6.45, 7) is 0. The van der Waals surface area contributed by atoms with Gasteiger partial charge in [-0.2, -0.15) is 0 Å². The lowest BCUT2D eigenvalue weighted by molar-refractivity contribution is -0.115. The second-order valence-electron chi connectivity index (χ2n) is 6.13. The van der Waals surface area contributed by atoms with Crippen LogP contribution >= 0.6 is 11.6 Å². The van der Waals surface area contributed by atoms with Crippen molar-refractivity contribution in [1.82, 2.24) is 0 Å². The van der Waals surface area contributed by atoms with Crippen LogP contribution < -0.4 is 16.4 Å². The minimum absolute atomic E-state index is 0.0820. The molecular weight excluding hydrogens is 381 g/mol. The third-order valence-corrected chi connectivity index (χ3v) is 4.22. The Morgan fingerprint density at radius 2 is 1.64 bits per heavy atom. The van der Waals surface area contributed by atoms with Gasteiger partial charge >= 0.3 is 0 Å². The van der Waals surface area contributed by atoms with E-state index in [0.29, 0.717) is 22.6 Å². The second-order valence-corrected chi connectivity index (χ2v) is 6.54. The Hall–Kier alpha value is -3.38. The minimum Gasteiger partial charge on any atom is -0.399 e. The number of nitrogen functional groups attached to an aromatic ring is 1. The van der Waals surface area contributed by atoms with Gasteiger partial charge in [0.2, 0.25) is 5.91 Å². The van der Waals surface area contributed by atoms with Gasteiger partial charge in [0, 0.05) is 22.6 Å². The summed E-state index contributed by atoms with van der Waals surface area (Å²) in [5.74, 6) is -1.18. The fourth-order valence-electron chi connectivity index (χ4n) is 2.54. The Labute approximate surface area is 166 Å². The topological polar surface area (TPSA) is 84.2 Å². The van der Waals surface area contributed by atoms with Crippen molar-refractivity contribution in [3.05, 3.63) is 88.7 Å². The summed E-state index contributed by atoms with van der Waals surface area (Å²) in [4.78, 5) is 24.6. The molecule has 7 heteroatoms. The van der Waals surface area contributed by atoms with Gasteiger partial charge in [-0.25, -0.2) is 4.39 Å². The number of nitrogens with one attached hydrogen (secondary N) is 2. The second kappa shape index (κ2) is 8.54. The van der Waals surface area contributed by atoms with Crippen molar-refractivity contribution in [3.63, 3.8) is 0 Å². The Balaban J connectivity index is 1.65. The molecule has 0 bridgehead atoms. The normalized spacial score (nSPS) is 10.4. The van der Waals surface area contributed by atoms with Crippen LogP contribution in [-0.4, -0.2) is 11.8 Å². The van der Waals surface area contributed by atoms with E-state index in [9.17, 15) is 14.0 Å². The highest BCUT2D eigenvalue weighted by molar-refractivity contribution is 6.31. The summed E-state index contributed by atoms with van der Waals surface area (Å²) < 4.78 is 13.2. The molecule has 0 aliphatic heterocycles. The molecule has 142 valence electrons. The van der Waals surface area contributed by atoms with Gasteiger partial charge in [-0.1, -0.05) is 29.8 Å². The third-order valence-electron chi connectivity index (χ3n) is 3.93. The average molecular weight is 398 g/mol. The van der Waals surface area contributed by atoms with Gasteiger partial charge in [0.25, 0.3) is 5.91 Å². The van der Waals surface area contributed by atoms with Crippen molar-refractivity contribution in [2.24, 2.45) is 0 Å². The highest BCUT2D eigenvalue weighted by atomic mass is 35.5. The van der Waals surface area contributed by atoms with Crippen LogP contribution in [0.4, 0.5) is 21.5 Å². The molecule has 3 rings (SSSR count). The molecule has 4 N–H and O–H groups in total. The van der Waals surface area contributed by atoms with E-state index in [1.54, 1.807) is 48.5 Å². The van der Waals surface area contributed by atoms with Gasteiger partial charge in [-0.05, 0) is 54.1 Å². The molecule has 0 heterocycles. The lowest BCUT2D eigenvalue weighted by Crippen LogP contribution is -2.16. The van der Waals surface area contributed by atoms with Crippen molar-refractivity contribution in [2.75, 3.05) is 16.4 Å². The van der Waals surface area contributed by atoms with E-state index < -0.39 is 11.7 Å². The van der Waals surface area contributed by atoms with Crippen LogP contribution in [0, 0.1) is 5.82 Å². The van der Waals surface area contributed by atoms with Gasteiger partial charge in [0.15, 0.2) is 0 Å². The predicted molar refractivity (Wildman–Crippen MR) is 109 cm³/mol. The number of rotatable bonds is 5. The van der Waals surface area contributed by atoms with E-state index in [-0.39, 0.29) is 17.4 Å². The van der Waals surface area contributed by atoms with Gasteiger partial charge in [0.05, 0.1) is 11.4 Å². The van der Waals surface area contributed by atoms with Crippen molar-refractivity contribution < 1.29 is 14.0 Å². The lowest BCUT2D eigenvalue weighted by Gasteiger charge is -2.09. The molecule has 3 aromatic carbocycles. The molecule has 28 heavy (non-hydrogen) atoms. The highest BCUT2D eigenvalue weighted by Gasteiger charge is 2.10. The Bertz CT molecular complexity index is 1020. The zero-order valence-corrected chi connectivity index (χ0v) is 15.5. The molecule has 3 aromatic rings. The van der Waals surface area contributed by atoms with E-state index >= 15 is 0 Å². The molecule has 0 aliphatic carbocycles. The molecule has 0 aliphatic rings. The summed E-state index contributed by atoms with van der Waals surface area (Å²) >= 11 is 5.72. The van der Waals surface area contributed by atoms with Crippen molar-refractivity contribution in [1.29, 1.82) is 0 Å². The third kappa shape index (κ3) is 5.08. The molecule has 0 atom stereocenters. The zero-order valence-electron chi connectivity index (χ0n) is 14.7. The predicted octanol–water partition coefficient (Wildman–Crippen LogP) is 4.49. The first-order valence-electron chi connectivity index (χ1n) is 8.41. The largest absolute Gasteiger partial charge is 0.399 e. The van der Waals surface area contributed by atoms with Crippen LogP contribution in [0.2, 0.25) is 5.02 Å². The van der Waals surface area contributed by atoms with Crippen molar-refractivity contribution in [3.8, 4) is 0 Å². The molecule has 0 radical (unpaired) electrons. The SMILES string of the molecule is Nc1ccc(CC(=O)Nc2cccc(C(=O)Nc3ccc(F)c(Cl)c3)c2)cc1. The summed E-state index contributed by atoms with van der Waals surface area (Å²) in [5.41, 5.74) is 8.29. The van der Waals surface area contributed by atoms with Gasteiger partial charge in [-0.3, -0.25) is 9.59 Å². The molecule has 0 spiro atoms. The molecule has 0 saturated carbocycles. The number of amides is 2. The quantitative estimate of drug-likeness (QED) is 0.554. The molecule has 0 fully saturated rings. The van der Waals surface area contributed by atoms with Crippen LogP contribution in [0.5, 0.6) is 0 Å². The molecular formula is C21H17ClFN3O2. The molecule has 2 amide bonds. The maximum atomic E-state index is 13.2. The zero-order chi connectivity index (χ0) is 20.1. The molecule has 0 saturated heterocycles. The Morgan fingerprint density at radius 1 is 0.929 bits per heavy atom. The van der Waals surface area contributed by atoms with Crippen LogP contribution in [0.1, 0.15) is 15.9 Å². The number of benzene rings is 3. The van der Waals surface area contributed by atoms with E-state index in [1.807, 2.05) is 0 Å². The Kier molecular flexibility index (Phi) is 5.91. The number of hydrogen-bond donors (Lipinski definition) is 3. The first kappa shape index (κ1) is 19.4. The van der Waals surface area contributed by atoms with Gasteiger partial charge < -0.3 is 16.4 Å². The van der Waals surface area contributed by atoms with E-state index in [1.165, 1.54) is 18.2 Å². The highest BCUT2D eigenvalue weighted by Crippen LogP contribution is 2.20. The fraction of sp³-hybridized carbons (Fsp3) is 0.0476. The number of hydrogen-bond acceptors (Lipinski definition) is 3. The smallest absolute Gasteiger partial charge is 0.255 e. The maximum absolute atomic E-state index is 13.2. The van der Waals surface area contributed by atoms with Crippen LogP contribution in [0.25, 0.3) is 0 Å². The number of carbonyl (C=O) groups excluding carboxylic acids is 2. The van der Waals surface area contributed by atoms with Crippen LogP contribution in [0.15, 0.2) is 66.7 Å². The van der Waals surface area contributed by atoms with Gasteiger partial charge in [-0.15, -0.1) is 0 Å². The summed E-state index contributed by atoms with van der Waals surface area (Å²) in [6, 6.07) is 17.5. The van der Waals surface area contributed by atoms with Crippen molar-refractivity contribution >= 4 is 40.5 Å². The molecule has 0 aromatic heterocycles. The number of carbonyl (C=O) groups is 2. The number of anilines is 3. The maximum Gasteiger partial charge on any atom is 0.255 e. The first-order chi connectivity index (χ1) is 13.4. The van der Waals surface area contributed by atoms with Crippen molar-refractivity contribution in [2.45, 2.75) is 6.42 Å².